The molecule has 12 heavy (non-hydrogen) atoms. The van der Waals surface area contributed by atoms with Crippen LogP contribution in [0.4, 0.5) is 0 Å². The third kappa shape index (κ3) is 1.64. The third-order valence-corrected chi connectivity index (χ3v) is 1.46. The molecule has 0 aromatic carbocycles. The molecule has 0 unspecified atom stereocenters. The lowest BCUT2D eigenvalue weighted by Crippen LogP contribution is -2.05. The number of methoxy groups -OCH3 is 1. The second kappa shape index (κ2) is 3.38. The number of carbonyl (C=O) groups is 1. The van der Waals surface area contributed by atoms with Gasteiger partial charge in [-0.3, -0.25) is 4.79 Å². The summed E-state index contributed by atoms with van der Waals surface area (Å²) in [5.41, 5.74) is 0. The standard InChI is InChI=1S/C8H11NO3/c1-5(2)8(10)6-4-7(11-3)9-12-6/h4-5H,1-3H3. The SMILES string of the molecule is COc1cc(C(=O)C(C)C)on1. The minimum atomic E-state index is -0.0809. The molecule has 4 heteroatoms. The van der Waals surface area contributed by atoms with E-state index in [1.807, 2.05) is 0 Å². The van der Waals surface area contributed by atoms with Gasteiger partial charge < -0.3 is 9.26 Å². The van der Waals surface area contributed by atoms with Gasteiger partial charge in [0.05, 0.1) is 13.2 Å². The van der Waals surface area contributed by atoms with E-state index in [-0.39, 0.29) is 17.5 Å². The summed E-state index contributed by atoms with van der Waals surface area (Å²) in [7, 11) is 1.47. The van der Waals surface area contributed by atoms with Gasteiger partial charge >= 0.3 is 0 Å². The summed E-state index contributed by atoms with van der Waals surface area (Å²) >= 11 is 0. The largest absolute Gasteiger partial charge is 0.479 e. The first-order chi connectivity index (χ1) is 5.65. The quantitative estimate of drug-likeness (QED) is 0.644. The molecular weight excluding hydrogens is 158 g/mol. The molecule has 0 bridgehead atoms. The van der Waals surface area contributed by atoms with Crippen LogP contribution in [0, 0.1) is 5.92 Å². The van der Waals surface area contributed by atoms with Crippen molar-refractivity contribution in [3.63, 3.8) is 0 Å². The van der Waals surface area contributed by atoms with Crippen LogP contribution >= 0.6 is 0 Å². The highest BCUT2D eigenvalue weighted by Crippen LogP contribution is 2.14. The van der Waals surface area contributed by atoms with Crippen molar-refractivity contribution in [3.8, 4) is 5.88 Å². The van der Waals surface area contributed by atoms with E-state index in [1.54, 1.807) is 13.8 Å². The third-order valence-electron chi connectivity index (χ3n) is 1.46. The summed E-state index contributed by atoms with van der Waals surface area (Å²) in [6.45, 7) is 3.61. The summed E-state index contributed by atoms with van der Waals surface area (Å²) in [6, 6.07) is 1.49. The van der Waals surface area contributed by atoms with Crippen LogP contribution in [0.15, 0.2) is 10.6 Å². The van der Waals surface area contributed by atoms with Crippen molar-refractivity contribution in [2.45, 2.75) is 13.8 Å². The highest BCUT2D eigenvalue weighted by molar-refractivity contribution is 5.94. The number of carbonyl (C=O) groups excluding carboxylic acids is 1. The van der Waals surface area contributed by atoms with E-state index in [0.717, 1.165) is 0 Å². The van der Waals surface area contributed by atoms with E-state index in [4.69, 9.17) is 9.26 Å². The van der Waals surface area contributed by atoms with Crippen molar-refractivity contribution in [1.82, 2.24) is 5.16 Å². The van der Waals surface area contributed by atoms with Crippen molar-refractivity contribution in [2.75, 3.05) is 7.11 Å². The second-order valence-electron chi connectivity index (χ2n) is 2.75. The van der Waals surface area contributed by atoms with Gasteiger partial charge in [-0.15, -0.1) is 0 Å². The van der Waals surface area contributed by atoms with Gasteiger partial charge in [0.15, 0.2) is 0 Å². The van der Waals surface area contributed by atoms with E-state index >= 15 is 0 Å². The van der Waals surface area contributed by atoms with Crippen LogP contribution in [0.2, 0.25) is 0 Å². The second-order valence-corrected chi connectivity index (χ2v) is 2.75. The molecule has 0 atom stereocenters. The number of rotatable bonds is 3. The first kappa shape index (κ1) is 8.77. The number of hydrogen-bond donors (Lipinski definition) is 0. The minimum absolute atomic E-state index is 0.0641. The summed E-state index contributed by atoms with van der Waals surface area (Å²) in [5, 5.41) is 3.52. The zero-order valence-corrected chi connectivity index (χ0v) is 7.33. The molecule has 1 heterocycles. The molecule has 4 nitrogen and oxygen atoms in total. The van der Waals surface area contributed by atoms with Gasteiger partial charge in [-0.25, -0.2) is 0 Å². The number of ketones is 1. The summed E-state index contributed by atoms with van der Waals surface area (Å²) < 4.78 is 9.52. The van der Waals surface area contributed by atoms with Crippen LogP contribution in [0.5, 0.6) is 5.88 Å². The Kier molecular flexibility index (Phi) is 2.47. The zero-order valence-electron chi connectivity index (χ0n) is 7.33. The number of ether oxygens (including phenoxy) is 1. The maximum Gasteiger partial charge on any atom is 0.254 e. The Balaban J connectivity index is 2.82. The summed E-state index contributed by atoms with van der Waals surface area (Å²) in [4.78, 5) is 11.3. The summed E-state index contributed by atoms with van der Waals surface area (Å²) in [6.07, 6.45) is 0. The molecule has 1 rings (SSSR count). The predicted octanol–water partition coefficient (Wildman–Crippen LogP) is 1.52. The maximum atomic E-state index is 11.3. The lowest BCUT2D eigenvalue weighted by Gasteiger charge is -1.96. The average Bonchev–Trinajstić information content (AvgIpc) is 2.50. The molecule has 0 saturated carbocycles. The van der Waals surface area contributed by atoms with Gasteiger partial charge in [-0.1, -0.05) is 13.8 Å². The molecule has 0 aliphatic heterocycles. The minimum Gasteiger partial charge on any atom is -0.479 e. The number of aromatic nitrogens is 1. The average molecular weight is 169 g/mol. The van der Waals surface area contributed by atoms with Crippen molar-refractivity contribution < 1.29 is 14.1 Å². The highest BCUT2D eigenvalue weighted by atomic mass is 16.5. The Morgan fingerprint density at radius 1 is 1.67 bits per heavy atom. The number of hydrogen-bond acceptors (Lipinski definition) is 4. The first-order valence-corrected chi connectivity index (χ1v) is 3.70. The van der Waals surface area contributed by atoms with Crippen LogP contribution in [0.1, 0.15) is 24.4 Å². The van der Waals surface area contributed by atoms with Crippen molar-refractivity contribution in [3.05, 3.63) is 11.8 Å². The number of nitrogens with zero attached hydrogens (tertiary/aromatic N) is 1. The molecule has 1 aromatic rings. The summed E-state index contributed by atoms with van der Waals surface area (Å²) in [5.74, 6) is 0.439. The normalized spacial score (nSPS) is 10.3. The maximum absolute atomic E-state index is 11.3. The Morgan fingerprint density at radius 3 is 2.75 bits per heavy atom. The lowest BCUT2D eigenvalue weighted by molar-refractivity contribution is 0.0902. The van der Waals surface area contributed by atoms with E-state index in [2.05, 4.69) is 5.16 Å². The van der Waals surface area contributed by atoms with Crippen LogP contribution in [0.3, 0.4) is 0 Å². The Hall–Kier alpha value is -1.32. The van der Waals surface area contributed by atoms with Gasteiger partial charge in [0, 0.05) is 5.92 Å². The molecule has 0 amide bonds. The fourth-order valence-electron chi connectivity index (χ4n) is 0.756. The van der Waals surface area contributed by atoms with E-state index in [9.17, 15) is 4.79 Å². The van der Waals surface area contributed by atoms with E-state index in [1.165, 1.54) is 13.2 Å². The first-order valence-electron chi connectivity index (χ1n) is 3.70. The molecule has 0 aliphatic rings. The monoisotopic (exact) mass is 169 g/mol. The Morgan fingerprint density at radius 2 is 2.33 bits per heavy atom. The van der Waals surface area contributed by atoms with Crippen molar-refractivity contribution >= 4 is 5.78 Å². The van der Waals surface area contributed by atoms with E-state index in [0.29, 0.717) is 5.88 Å². The van der Waals surface area contributed by atoms with Gasteiger partial charge in [0.2, 0.25) is 11.5 Å². The molecule has 66 valence electrons. The van der Waals surface area contributed by atoms with Crippen molar-refractivity contribution in [2.24, 2.45) is 5.92 Å². The number of Topliss-reactive ketones (excluding diaryl/α,β-unsaturated/α-hetero) is 1. The van der Waals surface area contributed by atoms with Crippen LogP contribution < -0.4 is 4.74 Å². The Labute approximate surface area is 70.5 Å². The van der Waals surface area contributed by atoms with Gasteiger partial charge in [-0.2, -0.15) is 0 Å². The van der Waals surface area contributed by atoms with Crippen LogP contribution in [-0.4, -0.2) is 18.0 Å². The fraction of sp³-hybridized carbons (Fsp3) is 0.500. The van der Waals surface area contributed by atoms with Crippen molar-refractivity contribution in [1.29, 1.82) is 0 Å². The smallest absolute Gasteiger partial charge is 0.254 e. The molecule has 0 fully saturated rings. The predicted molar refractivity (Wildman–Crippen MR) is 42.2 cm³/mol. The molecule has 0 saturated heterocycles. The molecule has 1 aromatic heterocycles. The van der Waals surface area contributed by atoms with Gasteiger partial charge in [-0.05, 0) is 5.16 Å². The molecule has 0 N–H and O–H groups in total. The molecular formula is C8H11NO3. The molecule has 0 radical (unpaired) electrons. The Bertz CT molecular complexity index is 278. The van der Waals surface area contributed by atoms with Crippen LogP contribution in [-0.2, 0) is 0 Å². The topological polar surface area (TPSA) is 52.3 Å². The fourth-order valence-corrected chi connectivity index (χ4v) is 0.756. The highest BCUT2D eigenvalue weighted by Gasteiger charge is 2.16. The zero-order chi connectivity index (χ0) is 9.14. The molecule has 0 aliphatic carbocycles. The molecule has 0 spiro atoms. The van der Waals surface area contributed by atoms with E-state index < -0.39 is 0 Å². The van der Waals surface area contributed by atoms with Gasteiger partial charge in [0.25, 0.3) is 5.88 Å². The lowest BCUT2D eigenvalue weighted by atomic mass is 10.1. The van der Waals surface area contributed by atoms with Crippen LogP contribution in [0.25, 0.3) is 0 Å². The van der Waals surface area contributed by atoms with Gasteiger partial charge in [0.1, 0.15) is 0 Å².